The third-order valence-electron chi connectivity index (χ3n) is 5.83. The van der Waals surface area contributed by atoms with Gasteiger partial charge in [-0.05, 0) is 30.5 Å². The van der Waals surface area contributed by atoms with E-state index in [0.717, 1.165) is 50.6 Å². The third-order valence-corrected chi connectivity index (χ3v) is 5.83. The minimum Gasteiger partial charge on any atom is -0.340 e. The molecule has 5 nitrogen and oxygen atoms in total. The largest absolute Gasteiger partial charge is 0.340 e. The van der Waals surface area contributed by atoms with Crippen molar-refractivity contribution in [2.75, 3.05) is 26.2 Å². The minimum absolute atomic E-state index is 0.288. The van der Waals surface area contributed by atoms with E-state index in [9.17, 15) is 4.79 Å². The van der Waals surface area contributed by atoms with Crippen molar-refractivity contribution in [3.8, 4) is 0 Å². The zero-order valence-corrected chi connectivity index (χ0v) is 18.3. The molecule has 3 aromatic rings. The molecule has 4 rings (SSSR count). The molecule has 1 aliphatic heterocycles. The molecule has 0 bridgehead atoms. The van der Waals surface area contributed by atoms with E-state index < -0.39 is 0 Å². The van der Waals surface area contributed by atoms with E-state index in [1.54, 1.807) is 0 Å². The summed E-state index contributed by atoms with van der Waals surface area (Å²) in [5, 5.41) is 0. The lowest BCUT2D eigenvalue weighted by molar-refractivity contribution is -0.133. The van der Waals surface area contributed by atoms with Gasteiger partial charge in [-0.2, -0.15) is 0 Å². The first-order chi connectivity index (χ1) is 14.5. The molecular formula is C25H32N4O. The smallest absolute Gasteiger partial charge is 0.222 e. The third kappa shape index (κ3) is 4.73. The highest BCUT2D eigenvalue weighted by molar-refractivity contribution is 5.77. The molecule has 0 aliphatic carbocycles. The maximum Gasteiger partial charge on any atom is 0.222 e. The van der Waals surface area contributed by atoms with Gasteiger partial charge >= 0.3 is 0 Å². The summed E-state index contributed by atoms with van der Waals surface area (Å²) >= 11 is 0. The van der Waals surface area contributed by atoms with Crippen molar-refractivity contribution in [2.24, 2.45) is 5.92 Å². The molecule has 1 aliphatic rings. The first-order valence-corrected chi connectivity index (χ1v) is 11.0. The average molecular weight is 405 g/mol. The van der Waals surface area contributed by atoms with Crippen molar-refractivity contribution >= 4 is 16.9 Å². The predicted molar refractivity (Wildman–Crippen MR) is 121 cm³/mol. The Balaban J connectivity index is 1.50. The number of benzene rings is 2. The van der Waals surface area contributed by atoms with Gasteiger partial charge in [-0.3, -0.25) is 9.69 Å². The number of carbonyl (C=O) groups excluding carboxylic acids is 1. The summed E-state index contributed by atoms with van der Waals surface area (Å²) in [5.41, 5.74) is 4.80. The number of amides is 1. The molecule has 0 spiro atoms. The lowest BCUT2D eigenvalue weighted by atomic mass is 10.1. The van der Waals surface area contributed by atoms with Crippen LogP contribution in [0.2, 0.25) is 0 Å². The van der Waals surface area contributed by atoms with Crippen molar-refractivity contribution in [3.63, 3.8) is 0 Å². The molecule has 0 radical (unpaired) electrons. The van der Waals surface area contributed by atoms with Crippen LogP contribution in [0.4, 0.5) is 0 Å². The minimum atomic E-state index is 0.288. The summed E-state index contributed by atoms with van der Waals surface area (Å²) in [6.45, 7) is 11.4. The summed E-state index contributed by atoms with van der Waals surface area (Å²) in [6, 6.07) is 17.1. The van der Waals surface area contributed by atoms with Gasteiger partial charge in [-0.1, -0.05) is 55.8 Å². The van der Waals surface area contributed by atoms with Gasteiger partial charge in [0, 0.05) is 39.1 Å². The van der Waals surface area contributed by atoms with E-state index in [4.69, 9.17) is 4.98 Å². The lowest BCUT2D eigenvalue weighted by Crippen LogP contribution is -2.48. The molecule has 0 N–H and O–H groups in total. The van der Waals surface area contributed by atoms with Gasteiger partial charge in [0.2, 0.25) is 5.91 Å². The molecule has 1 amide bonds. The fourth-order valence-electron chi connectivity index (χ4n) is 4.25. The van der Waals surface area contributed by atoms with Crippen LogP contribution < -0.4 is 0 Å². The molecule has 0 unspecified atom stereocenters. The number of hydrogen-bond acceptors (Lipinski definition) is 3. The van der Waals surface area contributed by atoms with E-state index in [0.29, 0.717) is 12.3 Å². The lowest BCUT2D eigenvalue weighted by Gasteiger charge is -2.35. The second-order valence-corrected chi connectivity index (χ2v) is 8.85. The van der Waals surface area contributed by atoms with Gasteiger partial charge in [0.15, 0.2) is 0 Å². The van der Waals surface area contributed by atoms with Gasteiger partial charge in [0.1, 0.15) is 5.82 Å². The van der Waals surface area contributed by atoms with Gasteiger partial charge in [-0.25, -0.2) is 4.98 Å². The molecule has 158 valence electrons. The molecule has 0 atom stereocenters. The van der Waals surface area contributed by atoms with Crippen LogP contribution in [-0.4, -0.2) is 51.4 Å². The van der Waals surface area contributed by atoms with Crippen molar-refractivity contribution < 1.29 is 4.79 Å². The van der Waals surface area contributed by atoms with Gasteiger partial charge in [0.25, 0.3) is 0 Å². The summed E-state index contributed by atoms with van der Waals surface area (Å²) in [4.78, 5) is 21.8. The molecule has 30 heavy (non-hydrogen) atoms. The maximum atomic E-state index is 12.4. The molecule has 2 aromatic carbocycles. The first-order valence-electron chi connectivity index (χ1n) is 11.0. The van der Waals surface area contributed by atoms with Crippen molar-refractivity contribution in [1.29, 1.82) is 0 Å². The topological polar surface area (TPSA) is 41.4 Å². The Morgan fingerprint density at radius 3 is 2.50 bits per heavy atom. The molecule has 2 heterocycles. The van der Waals surface area contributed by atoms with Crippen LogP contribution in [0.15, 0.2) is 48.5 Å². The molecule has 1 aromatic heterocycles. The number of piperazine rings is 1. The highest BCUT2D eigenvalue weighted by Gasteiger charge is 2.23. The van der Waals surface area contributed by atoms with E-state index in [-0.39, 0.29) is 5.91 Å². The molecule has 5 heteroatoms. The standard InChI is InChI=1S/C25H32N4O/c1-19(2)15-25(30)28-13-11-27(12-14-28)18-24-26-22-9-4-5-10-23(22)29(24)17-21-8-6-7-20(3)16-21/h4-10,16,19H,11-15,17-18H2,1-3H3. The highest BCUT2D eigenvalue weighted by Crippen LogP contribution is 2.20. The fourth-order valence-corrected chi connectivity index (χ4v) is 4.25. The second kappa shape index (κ2) is 9.00. The molecule has 1 fully saturated rings. The van der Waals surface area contributed by atoms with Gasteiger partial charge in [-0.15, -0.1) is 0 Å². The number of aromatic nitrogens is 2. The van der Waals surface area contributed by atoms with E-state index >= 15 is 0 Å². The second-order valence-electron chi connectivity index (χ2n) is 8.85. The van der Waals surface area contributed by atoms with Gasteiger partial charge < -0.3 is 9.47 Å². The summed E-state index contributed by atoms with van der Waals surface area (Å²) in [5.74, 6) is 1.80. The summed E-state index contributed by atoms with van der Waals surface area (Å²) in [6.07, 6.45) is 0.645. The number of imidazole rings is 1. The SMILES string of the molecule is Cc1cccc(Cn2c(CN3CCN(C(=O)CC(C)C)CC3)nc3ccccc32)c1. The van der Waals surface area contributed by atoms with Crippen molar-refractivity contribution in [2.45, 2.75) is 40.3 Å². The number of rotatable bonds is 6. The zero-order valence-electron chi connectivity index (χ0n) is 18.3. The van der Waals surface area contributed by atoms with Crippen LogP contribution in [0.1, 0.15) is 37.2 Å². The Morgan fingerprint density at radius 1 is 1.00 bits per heavy atom. The molecule has 1 saturated heterocycles. The molecular weight excluding hydrogens is 372 g/mol. The van der Waals surface area contributed by atoms with Crippen molar-refractivity contribution in [1.82, 2.24) is 19.4 Å². The average Bonchev–Trinajstić information content (AvgIpc) is 3.05. The Kier molecular flexibility index (Phi) is 6.18. The van der Waals surface area contributed by atoms with Crippen molar-refractivity contribution in [3.05, 3.63) is 65.5 Å². The number of fused-ring (bicyclic) bond motifs is 1. The van der Waals surface area contributed by atoms with Crippen LogP contribution in [0, 0.1) is 12.8 Å². The fraction of sp³-hybridized carbons (Fsp3) is 0.440. The summed E-state index contributed by atoms with van der Waals surface area (Å²) in [7, 11) is 0. The molecule has 0 saturated carbocycles. The van der Waals surface area contributed by atoms with Crippen LogP contribution in [0.25, 0.3) is 11.0 Å². The zero-order chi connectivity index (χ0) is 21.1. The van der Waals surface area contributed by atoms with Crippen LogP contribution in [-0.2, 0) is 17.9 Å². The Hall–Kier alpha value is -2.66. The summed E-state index contributed by atoms with van der Waals surface area (Å²) < 4.78 is 2.35. The Bertz CT molecular complexity index is 1010. The number of aryl methyl sites for hydroxylation is 1. The van der Waals surface area contributed by atoms with E-state index in [1.165, 1.54) is 16.6 Å². The number of nitrogens with zero attached hydrogens (tertiary/aromatic N) is 4. The maximum absolute atomic E-state index is 12.4. The monoisotopic (exact) mass is 404 g/mol. The van der Waals surface area contributed by atoms with E-state index in [1.807, 2.05) is 4.90 Å². The van der Waals surface area contributed by atoms with Gasteiger partial charge in [0.05, 0.1) is 17.6 Å². The van der Waals surface area contributed by atoms with Crippen LogP contribution >= 0.6 is 0 Å². The quantitative estimate of drug-likeness (QED) is 0.622. The first kappa shape index (κ1) is 20.6. The van der Waals surface area contributed by atoms with Crippen LogP contribution in [0.3, 0.4) is 0 Å². The number of carbonyl (C=O) groups is 1. The Morgan fingerprint density at radius 2 is 1.77 bits per heavy atom. The number of para-hydroxylation sites is 2. The van der Waals surface area contributed by atoms with Crippen LogP contribution in [0.5, 0.6) is 0 Å². The Labute approximate surface area is 179 Å². The van der Waals surface area contributed by atoms with E-state index in [2.05, 4.69) is 78.8 Å². The number of hydrogen-bond donors (Lipinski definition) is 0. The normalized spacial score (nSPS) is 15.3. The highest BCUT2D eigenvalue weighted by atomic mass is 16.2. The predicted octanol–water partition coefficient (Wildman–Crippen LogP) is 4.08.